The molecule has 1 aliphatic rings. The Hall–Kier alpha value is -3.51. The number of rotatable bonds is 3. The average molecular weight is 425 g/mol. The third kappa shape index (κ3) is 2.88. The van der Waals surface area contributed by atoms with Crippen molar-refractivity contribution >= 4 is 11.5 Å². The molecule has 8 nitrogen and oxygen atoms in total. The summed E-state index contributed by atoms with van der Waals surface area (Å²) in [6.07, 6.45) is -4.10. The molecule has 0 spiro atoms. The van der Waals surface area contributed by atoms with Gasteiger partial charge in [-0.25, -0.2) is 18.3 Å². The molecule has 1 N–H and O–H groups in total. The van der Waals surface area contributed by atoms with Gasteiger partial charge in [-0.2, -0.15) is 18.3 Å². The van der Waals surface area contributed by atoms with Crippen molar-refractivity contribution in [3.05, 3.63) is 59.3 Å². The Morgan fingerprint density at radius 3 is 2.80 bits per heavy atom. The number of alkyl halides is 5. The van der Waals surface area contributed by atoms with E-state index in [9.17, 15) is 22.0 Å². The molecule has 30 heavy (non-hydrogen) atoms. The minimum absolute atomic E-state index is 0.187. The first kappa shape index (κ1) is 18.5. The molecule has 0 unspecified atom stereocenters. The molecule has 0 saturated heterocycles. The lowest BCUT2D eigenvalue weighted by Crippen LogP contribution is -2.37. The SMILES string of the molecule is FC(F)c1cccn2nc([C@H]3c4nc[nH]c4CCN3c3nnc(C(F)(F)F)o3)cc12. The average Bonchev–Trinajstić information content (AvgIpc) is 3.43. The van der Waals surface area contributed by atoms with Crippen LogP contribution in [0.2, 0.25) is 0 Å². The highest BCUT2D eigenvalue weighted by molar-refractivity contribution is 5.58. The van der Waals surface area contributed by atoms with Crippen LogP contribution in [0, 0.1) is 0 Å². The highest BCUT2D eigenvalue weighted by Gasteiger charge is 2.41. The van der Waals surface area contributed by atoms with Crippen molar-refractivity contribution in [2.75, 3.05) is 11.4 Å². The van der Waals surface area contributed by atoms with E-state index >= 15 is 0 Å². The van der Waals surface area contributed by atoms with E-state index in [0.29, 0.717) is 17.8 Å². The van der Waals surface area contributed by atoms with Gasteiger partial charge in [0.1, 0.15) is 6.04 Å². The second kappa shape index (κ2) is 6.50. The molecular weight excluding hydrogens is 413 g/mol. The Labute approximate surface area is 164 Å². The van der Waals surface area contributed by atoms with Gasteiger partial charge >= 0.3 is 18.1 Å². The van der Waals surface area contributed by atoms with Crippen molar-refractivity contribution in [3.63, 3.8) is 0 Å². The Morgan fingerprint density at radius 2 is 2.07 bits per heavy atom. The van der Waals surface area contributed by atoms with Crippen LogP contribution in [0.25, 0.3) is 5.52 Å². The number of aromatic amines is 1. The van der Waals surface area contributed by atoms with Crippen LogP contribution >= 0.6 is 0 Å². The van der Waals surface area contributed by atoms with Gasteiger partial charge in [-0.3, -0.25) is 0 Å². The summed E-state index contributed by atoms with van der Waals surface area (Å²) in [4.78, 5) is 8.69. The van der Waals surface area contributed by atoms with Crippen LogP contribution in [-0.4, -0.2) is 36.3 Å². The maximum Gasteiger partial charge on any atom is 0.470 e. The lowest BCUT2D eigenvalue weighted by Gasteiger charge is -2.32. The molecule has 0 fully saturated rings. The monoisotopic (exact) mass is 425 g/mol. The molecule has 156 valence electrons. The Bertz CT molecular complexity index is 1210. The number of nitrogens with zero attached hydrogens (tertiary/aromatic N) is 6. The minimum Gasteiger partial charge on any atom is -0.399 e. The summed E-state index contributed by atoms with van der Waals surface area (Å²) in [5.41, 5.74) is 1.54. The van der Waals surface area contributed by atoms with E-state index in [0.717, 1.165) is 5.69 Å². The zero-order valence-corrected chi connectivity index (χ0v) is 14.9. The summed E-state index contributed by atoms with van der Waals surface area (Å²) >= 11 is 0. The lowest BCUT2D eigenvalue weighted by molar-refractivity contribution is -0.157. The third-order valence-corrected chi connectivity index (χ3v) is 4.90. The first-order valence-corrected chi connectivity index (χ1v) is 8.79. The van der Waals surface area contributed by atoms with Gasteiger partial charge in [-0.15, -0.1) is 5.10 Å². The summed E-state index contributed by atoms with van der Waals surface area (Å²) in [7, 11) is 0. The number of hydrogen-bond acceptors (Lipinski definition) is 6. The molecule has 5 rings (SSSR count). The fourth-order valence-corrected chi connectivity index (χ4v) is 3.60. The van der Waals surface area contributed by atoms with Crippen LogP contribution in [0.4, 0.5) is 28.0 Å². The molecule has 13 heteroatoms. The maximum absolute atomic E-state index is 13.4. The van der Waals surface area contributed by atoms with Gasteiger partial charge in [0.25, 0.3) is 6.43 Å². The van der Waals surface area contributed by atoms with E-state index in [1.165, 1.54) is 40.1 Å². The lowest BCUT2D eigenvalue weighted by atomic mass is 10.00. The largest absolute Gasteiger partial charge is 0.470 e. The quantitative estimate of drug-likeness (QED) is 0.505. The number of H-pyrrole nitrogens is 1. The number of pyridine rings is 1. The van der Waals surface area contributed by atoms with E-state index in [1.54, 1.807) is 0 Å². The van der Waals surface area contributed by atoms with Gasteiger partial charge in [-0.1, -0.05) is 5.10 Å². The van der Waals surface area contributed by atoms with Gasteiger partial charge in [0, 0.05) is 30.4 Å². The van der Waals surface area contributed by atoms with Crippen molar-refractivity contribution in [2.45, 2.75) is 25.1 Å². The summed E-state index contributed by atoms with van der Waals surface area (Å²) in [6.45, 7) is 0.231. The second-order valence-electron chi connectivity index (χ2n) is 6.66. The molecule has 0 saturated carbocycles. The number of anilines is 1. The predicted octanol–water partition coefficient (Wildman–Crippen LogP) is 3.55. The summed E-state index contributed by atoms with van der Waals surface area (Å²) in [5.74, 6) is -1.47. The van der Waals surface area contributed by atoms with Crippen LogP contribution in [-0.2, 0) is 12.6 Å². The molecule has 0 aliphatic carbocycles. The number of fused-ring (bicyclic) bond motifs is 2. The Morgan fingerprint density at radius 1 is 1.23 bits per heavy atom. The van der Waals surface area contributed by atoms with Crippen LogP contribution in [0.3, 0.4) is 0 Å². The van der Waals surface area contributed by atoms with Crippen LogP contribution in [0.1, 0.15) is 41.0 Å². The van der Waals surface area contributed by atoms with E-state index in [4.69, 9.17) is 4.42 Å². The number of imidazole rings is 1. The van der Waals surface area contributed by atoms with Gasteiger partial charge in [-0.05, 0) is 18.2 Å². The third-order valence-electron chi connectivity index (χ3n) is 4.90. The highest BCUT2D eigenvalue weighted by Crippen LogP contribution is 2.38. The van der Waals surface area contributed by atoms with Gasteiger partial charge in [0.15, 0.2) is 0 Å². The first-order chi connectivity index (χ1) is 14.3. The summed E-state index contributed by atoms with van der Waals surface area (Å²) in [5, 5.41) is 11.0. The van der Waals surface area contributed by atoms with Gasteiger partial charge in [0.05, 0.1) is 23.2 Å². The zero-order chi connectivity index (χ0) is 21.0. The molecule has 0 radical (unpaired) electrons. The van der Waals surface area contributed by atoms with E-state index in [-0.39, 0.29) is 23.6 Å². The minimum atomic E-state index is -4.79. The summed E-state index contributed by atoms with van der Waals surface area (Å²) < 4.78 is 71.7. The fraction of sp³-hybridized carbons (Fsp3) is 0.294. The number of nitrogens with one attached hydrogen (secondary N) is 1. The Balaban J connectivity index is 1.64. The molecule has 4 aromatic heterocycles. The standard InChI is InChI=1S/C17H12F5N7O/c18-14(19)8-2-1-4-29-11(8)6-10(27-29)13-12-9(23-7-24-12)3-5-28(13)16-26-25-15(30-16)17(20,21)22/h1-2,4,6-7,13-14H,3,5H2,(H,23,24)/t13-/m0/s1. The fourth-order valence-electron chi connectivity index (χ4n) is 3.60. The molecule has 4 aromatic rings. The molecule has 0 aromatic carbocycles. The van der Waals surface area contributed by atoms with Crippen LogP contribution in [0.15, 0.2) is 35.1 Å². The van der Waals surface area contributed by atoms with E-state index in [2.05, 4.69) is 25.3 Å². The van der Waals surface area contributed by atoms with Crippen LogP contribution < -0.4 is 4.90 Å². The smallest absolute Gasteiger partial charge is 0.399 e. The van der Waals surface area contributed by atoms with E-state index in [1.807, 2.05) is 0 Å². The number of aromatic nitrogens is 6. The number of halogens is 5. The van der Waals surface area contributed by atoms with Gasteiger partial charge in [0.2, 0.25) is 0 Å². The van der Waals surface area contributed by atoms with Crippen molar-refractivity contribution < 1.29 is 26.4 Å². The molecule has 1 aliphatic heterocycles. The topological polar surface area (TPSA) is 88.1 Å². The normalized spacial score (nSPS) is 17.1. The van der Waals surface area contributed by atoms with E-state index < -0.39 is 24.5 Å². The first-order valence-electron chi connectivity index (χ1n) is 8.79. The molecule has 0 amide bonds. The highest BCUT2D eigenvalue weighted by atomic mass is 19.4. The summed E-state index contributed by atoms with van der Waals surface area (Å²) in [6, 6.07) is 3.04. The molecule has 1 atom stereocenters. The molecule has 0 bridgehead atoms. The Kier molecular flexibility index (Phi) is 4.01. The molecular formula is C17H12F5N7O. The predicted molar refractivity (Wildman–Crippen MR) is 90.9 cm³/mol. The van der Waals surface area contributed by atoms with Crippen molar-refractivity contribution in [1.29, 1.82) is 0 Å². The van der Waals surface area contributed by atoms with Crippen molar-refractivity contribution in [3.8, 4) is 0 Å². The van der Waals surface area contributed by atoms with Gasteiger partial charge < -0.3 is 14.3 Å². The zero-order valence-electron chi connectivity index (χ0n) is 14.9. The number of hydrogen-bond donors (Lipinski definition) is 1. The second-order valence-corrected chi connectivity index (χ2v) is 6.66. The maximum atomic E-state index is 13.4. The molecule has 5 heterocycles. The van der Waals surface area contributed by atoms with Crippen molar-refractivity contribution in [2.24, 2.45) is 0 Å². The van der Waals surface area contributed by atoms with Crippen LogP contribution in [0.5, 0.6) is 0 Å². The van der Waals surface area contributed by atoms with Crippen molar-refractivity contribution in [1.82, 2.24) is 29.8 Å².